The Hall–Kier alpha value is -1.09. The van der Waals surface area contributed by atoms with Gasteiger partial charge in [-0.25, -0.2) is 4.98 Å². The van der Waals surface area contributed by atoms with Crippen LogP contribution >= 0.6 is 0 Å². The maximum atomic E-state index is 4.78. The molecule has 100 valence electrons. The molecule has 0 atom stereocenters. The lowest BCUT2D eigenvalue weighted by atomic mass is 10.2. The van der Waals surface area contributed by atoms with Crippen molar-refractivity contribution in [2.24, 2.45) is 5.92 Å². The summed E-state index contributed by atoms with van der Waals surface area (Å²) in [6.45, 7) is 8.66. The van der Waals surface area contributed by atoms with E-state index in [4.69, 9.17) is 4.98 Å². The zero-order chi connectivity index (χ0) is 13.1. The molecule has 0 radical (unpaired) electrons. The Kier molecular flexibility index (Phi) is 4.23. The molecule has 0 spiro atoms. The fourth-order valence-electron chi connectivity index (χ4n) is 2.26. The van der Waals surface area contributed by atoms with E-state index in [-0.39, 0.29) is 0 Å². The van der Waals surface area contributed by atoms with E-state index in [0.29, 0.717) is 6.04 Å². The third-order valence-corrected chi connectivity index (χ3v) is 3.62. The molecular weight excluding hydrogens is 222 g/mol. The van der Waals surface area contributed by atoms with Gasteiger partial charge in [-0.15, -0.1) is 0 Å². The van der Waals surface area contributed by atoms with Crippen LogP contribution in [0.15, 0.2) is 12.1 Å². The minimum atomic E-state index is 0.521. The third kappa shape index (κ3) is 3.22. The largest absolute Gasteiger partial charge is 0.354 e. The summed E-state index contributed by atoms with van der Waals surface area (Å²) in [5.41, 5.74) is 2.43. The molecule has 1 aromatic rings. The third-order valence-electron chi connectivity index (χ3n) is 3.62. The number of pyridine rings is 1. The van der Waals surface area contributed by atoms with Crippen LogP contribution in [0.25, 0.3) is 0 Å². The predicted molar refractivity (Wildman–Crippen MR) is 76.9 cm³/mol. The topological polar surface area (TPSA) is 28.2 Å². The van der Waals surface area contributed by atoms with E-state index < -0.39 is 0 Å². The Labute approximate surface area is 111 Å². The molecule has 1 N–H and O–H groups in total. The van der Waals surface area contributed by atoms with Gasteiger partial charge in [0.15, 0.2) is 0 Å². The van der Waals surface area contributed by atoms with Crippen molar-refractivity contribution in [3.63, 3.8) is 0 Å². The number of aryl methyl sites for hydroxylation is 1. The van der Waals surface area contributed by atoms with Crippen LogP contribution in [0.2, 0.25) is 0 Å². The van der Waals surface area contributed by atoms with E-state index in [1.54, 1.807) is 0 Å². The summed E-state index contributed by atoms with van der Waals surface area (Å²) in [7, 11) is 1.97. The Bertz CT molecular complexity index is 397. The minimum Gasteiger partial charge on any atom is -0.354 e. The lowest BCUT2D eigenvalue weighted by Gasteiger charge is -2.28. The second-order valence-electron chi connectivity index (χ2n) is 5.63. The number of nitrogens with zero attached hydrogens (tertiary/aromatic N) is 2. The van der Waals surface area contributed by atoms with Gasteiger partial charge in [-0.2, -0.15) is 0 Å². The lowest BCUT2D eigenvalue weighted by Crippen LogP contribution is -2.33. The molecule has 1 aliphatic carbocycles. The average molecular weight is 247 g/mol. The van der Waals surface area contributed by atoms with Gasteiger partial charge in [-0.05, 0) is 58.2 Å². The standard InChI is InChI=1S/C15H25N3/c1-11(2)18(10-13-5-6-13)15-8-7-14(9-16-4)12(3)17-15/h7-8,11,13,16H,5-6,9-10H2,1-4H3. The molecule has 0 aliphatic heterocycles. The normalized spacial score (nSPS) is 15.2. The van der Waals surface area contributed by atoms with Crippen LogP contribution < -0.4 is 10.2 Å². The molecule has 1 heterocycles. The van der Waals surface area contributed by atoms with Gasteiger partial charge < -0.3 is 10.2 Å². The summed E-state index contributed by atoms with van der Waals surface area (Å²) in [4.78, 5) is 7.22. The van der Waals surface area contributed by atoms with Crippen molar-refractivity contribution in [2.75, 3.05) is 18.5 Å². The van der Waals surface area contributed by atoms with Crippen molar-refractivity contribution in [3.8, 4) is 0 Å². The Morgan fingerprint density at radius 3 is 2.61 bits per heavy atom. The van der Waals surface area contributed by atoms with E-state index >= 15 is 0 Å². The summed E-state index contributed by atoms with van der Waals surface area (Å²) in [5, 5.41) is 3.18. The van der Waals surface area contributed by atoms with Crippen molar-refractivity contribution >= 4 is 5.82 Å². The van der Waals surface area contributed by atoms with Gasteiger partial charge in [-0.1, -0.05) is 6.07 Å². The van der Waals surface area contributed by atoms with Gasteiger partial charge in [0.25, 0.3) is 0 Å². The van der Waals surface area contributed by atoms with E-state index in [1.807, 2.05) is 7.05 Å². The van der Waals surface area contributed by atoms with Crippen LogP contribution in [0.1, 0.15) is 37.9 Å². The first-order valence-corrected chi connectivity index (χ1v) is 6.99. The lowest BCUT2D eigenvalue weighted by molar-refractivity contribution is 0.635. The number of nitrogens with one attached hydrogen (secondary N) is 1. The molecule has 1 aromatic heterocycles. The first-order valence-electron chi connectivity index (χ1n) is 6.99. The SMILES string of the molecule is CNCc1ccc(N(CC2CC2)C(C)C)nc1C. The first-order chi connectivity index (χ1) is 8.61. The molecule has 0 bridgehead atoms. The second kappa shape index (κ2) is 5.70. The molecule has 1 aliphatic rings. The van der Waals surface area contributed by atoms with Crippen LogP contribution in [0.4, 0.5) is 5.82 Å². The zero-order valence-corrected chi connectivity index (χ0v) is 12.0. The van der Waals surface area contributed by atoms with E-state index in [9.17, 15) is 0 Å². The first kappa shape index (κ1) is 13.3. The van der Waals surface area contributed by atoms with Gasteiger partial charge in [-0.3, -0.25) is 0 Å². The molecule has 0 aromatic carbocycles. The maximum Gasteiger partial charge on any atom is 0.129 e. The smallest absolute Gasteiger partial charge is 0.129 e. The van der Waals surface area contributed by atoms with Crippen molar-refractivity contribution < 1.29 is 0 Å². The highest BCUT2D eigenvalue weighted by Crippen LogP contribution is 2.32. The second-order valence-corrected chi connectivity index (χ2v) is 5.63. The number of hydrogen-bond donors (Lipinski definition) is 1. The van der Waals surface area contributed by atoms with Gasteiger partial charge in [0.05, 0.1) is 0 Å². The number of aromatic nitrogens is 1. The zero-order valence-electron chi connectivity index (χ0n) is 12.0. The highest BCUT2D eigenvalue weighted by molar-refractivity contribution is 5.42. The molecule has 0 unspecified atom stereocenters. The summed E-state index contributed by atoms with van der Waals surface area (Å²) >= 11 is 0. The summed E-state index contributed by atoms with van der Waals surface area (Å²) in [6.07, 6.45) is 2.78. The molecule has 3 heteroatoms. The van der Waals surface area contributed by atoms with Crippen molar-refractivity contribution in [3.05, 3.63) is 23.4 Å². The number of hydrogen-bond acceptors (Lipinski definition) is 3. The monoisotopic (exact) mass is 247 g/mol. The Balaban J connectivity index is 2.16. The van der Waals surface area contributed by atoms with Gasteiger partial charge in [0.2, 0.25) is 0 Å². The molecule has 0 saturated heterocycles. The van der Waals surface area contributed by atoms with E-state index in [1.165, 1.54) is 18.4 Å². The molecule has 0 amide bonds. The predicted octanol–water partition coefficient (Wildman–Crippen LogP) is 2.73. The van der Waals surface area contributed by atoms with Crippen LogP contribution in [-0.2, 0) is 6.54 Å². The Morgan fingerprint density at radius 2 is 2.11 bits per heavy atom. The molecular formula is C15H25N3. The summed E-state index contributed by atoms with van der Waals surface area (Å²) in [6, 6.07) is 4.89. The summed E-state index contributed by atoms with van der Waals surface area (Å²) < 4.78 is 0. The molecule has 2 rings (SSSR count). The van der Waals surface area contributed by atoms with Gasteiger partial charge in [0, 0.05) is 24.8 Å². The summed E-state index contributed by atoms with van der Waals surface area (Å²) in [5.74, 6) is 2.03. The quantitative estimate of drug-likeness (QED) is 0.838. The van der Waals surface area contributed by atoms with Gasteiger partial charge in [0.1, 0.15) is 5.82 Å². The highest BCUT2D eigenvalue weighted by Gasteiger charge is 2.26. The average Bonchev–Trinajstić information content (AvgIpc) is 3.12. The molecule has 3 nitrogen and oxygen atoms in total. The van der Waals surface area contributed by atoms with Crippen LogP contribution in [0.5, 0.6) is 0 Å². The van der Waals surface area contributed by atoms with E-state index in [0.717, 1.165) is 30.5 Å². The van der Waals surface area contributed by atoms with E-state index in [2.05, 4.69) is 43.1 Å². The van der Waals surface area contributed by atoms with Crippen molar-refractivity contribution in [1.82, 2.24) is 10.3 Å². The van der Waals surface area contributed by atoms with Crippen LogP contribution in [0, 0.1) is 12.8 Å². The molecule has 18 heavy (non-hydrogen) atoms. The Morgan fingerprint density at radius 1 is 1.39 bits per heavy atom. The fraction of sp³-hybridized carbons (Fsp3) is 0.667. The minimum absolute atomic E-state index is 0.521. The van der Waals surface area contributed by atoms with Crippen LogP contribution in [0.3, 0.4) is 0 Å². The molecule has 1 fully saturated rings. The fourth-order valence-corrected chi connectivity index (χ4v) is 2.26. The van der Waals surface area contributed by atoms with Crippen LogP contribution in [-0.4, -0.2) is 24.6 Å². The van der Waals surface area contributed by atoms with Gasteiger partial charge >= 0.3 is 0 Å². The number of anilines is 1. The van der Waals surface area contributed by atoms with Crippen molar-refractivity contribution in [2.45, 2.75) is 46.2 Å². The molecule has 1 saturated carbocycles. The number of rotatable bonds is 6. The highest BCUT2D eigenvalue weighted by atomic mass is 15.2. The maximum absolute atomic E-state index is 4.78. The van der Waals surface area contributed by atoms with Crippen molar-refractivity contribution in [1.29, 1.82) is 0 Å².